The van der Waals surface area contributed by atoms with Gasteiger partial charge < -0.3 is 16.4 Å². The van der Waals surface area contributed by atoms with Gasteiger partial charge in [-0.25, -0.2) is 4.39 Å². The number of fused-ring (bicyclic) bond motifs is 1. The summed E-state index contributed by atoms with van der Waals surface area (Å²) in [5.41, 5.74) is 12.6. The number of rotatable bonds is 1. The van der Waals surface area contributed by atoms with E-state index in [1.54, 1.807) is 6.07 Å². The summed E-state index contributed by atoms with van der Waals surface area (Å²) in [6.45, 7) is 3.68. The highest BCUT2D eigenvalue weighted by molar-refractivity contribution is 6.33. The van der Waals surface area contributed by atoms with Gasteiger partial charge in [0.1, 0.15) is 5.02 Å². The summed E-state index contributed by atoms with van der Waals surface area (Å²) in [6.07, 6.45) is 3.68. The fourth-order valence-electron chi connectivity index (χ4n) is 3.34. The van der Waals surface area contributed by atoms with Crippen LogP contribution >= 0.6 is 11.6 Å². The van der Waals surface area contributed by atoms with Crippen LogP contribution in [-0.4, -0.2) is 37.1 Å². The Morgan fingerprint density at radius 1 is 1.15 bits per heavy atom. The second-order valence-corrected chi connectivity index (χ2v) is 6.04. The summed E-state index contributed by atoms with van der Waals surface area (Å²) in [5, 5.41) is -0.0275. The number of piperidine rings is 1. The molecule has 0 spiro atoms. The number of nitrogens with zero attached hydrogens (tertiary/aromatic N) is 2. The lowest BCUT2D eigenvalue weighted by molar-refractivity contribution is 0.133. The first-order chi connectivity index (χ1) is 9.58. The minimum absolute atomic E-state index is 0.0275. The fourth-order valence-corrected chi connectivity index (χ4v) is 3.48. The highest BCUT2D eigenvalue weighted by atomic mass is 35.5. The van der Waals surface area contributed by atoms with Gasteiger partial charge in [-0.2, -0.15) is 0 Å². The molecule has 4 nitrogen and oxygen atoms in total. The van der Waals surface area contributed by atoms with Crippen LogP contribution in [0.15, 0.2) is 6.07 Å². The summed E-state index contributed by atoms with van der Waals surface area (Å²) in [7, 11) is 0. The molecule has 0 saturated carbocycles. The van der Waals surface area contributed by atoms with Crippen molar-refractivity contribution in [3.63, 3.8) is 0 Å². The fraction of sp³-hybridized carbons (Fsp3) is 0.571. The van der Waals surface area contributed by atoms with Crippen LogP contribution in [0.25, 0.3) is 0 Å². The zero-order valence-electron chi connectivity index (χ0n) is 11.4. The second kappa shape index (κ2) is 5.30. The molecule has 2 aliphatic rings. The molecule has 3 rings (SSSR count). The van der Waals surface area contributed by atoms with Crippen molar-refractivity contribution in [3.05, 3.63) is 16.9 Å². The van der Waals surface area contributed by atoms with E-state index in [0.717, 1.165) is 26.2 Å². The first-order valence-electron chi connectivity index (χ1n) is 7.10. The molecule has 0 radical (unpaired) electrons. The molecule has 6 heteroatoms. The number of benzene rings is 1. The Morgan fingerprint density at radius 2 is 1.95 bits per heavy atom. The van der Waals surface area contributed by atoms with E-state index in [1.807, 2.05) is 4.90 Å². The van der Waals surface area contributed by atoms with E-state index in [0.29, 0.717) is 17.4 Å². The Morgan fingerprint density at radius 3 is 2.75 bits per heavy atom. The highest BCUT2D eigenvalue weighted by Gasteiger charge is 2.31. The standard InChI is InChI=1S/C14H20ClFN4/c15-12-10(17)7-11(18)14(13(12)16)20-6-5-19-4-2-1-3-9(19)8-20/h7,9H,1-6,8,17-18H2. The molecular formula is C14H20ClFN4. The number of piperazine rings is 1. The molecule has 0 aromatic heterocycles. The van der Waals surface area contributed by atoms with E-state index in [2.05, 4.69) is 4.90 Å². The van der Waals surface area contributed by atoms with Gasteiger partial charge in [0.25, 0.3) is 0 Å². The third-order valence-electron chi connectivity index (χ3n) is 4.39. The lowest BCUT2D eigenvalue weighted by Gasteiger charge is -2.45. The van der Waals surface area contributed by atoms with Gasteiger partial charge in [-0.05, 0) is 25.5 Å². The Balaban J connectivity index is 1.88. The zero-order valence-corrected chi connectivity index (χ0v) is 12.2. The van der Waals surface area contributed by atoms with E-state index in [-0.39, 0.29) is 10.7 Å². The van der Waals surface area contributed by atoms with Crippen molar-refractivity contribution in [2.45, 2.75) is 25.3 Å². The Bertz CT molecular complexity index is 522. The second-order valence-electron chi connectivity index (χ2n) is 5.66. The Hall–Kier alpha value is -1.20. The maximum atomic E-state index is 14.4. The Labute approximate surface area is 123 Å². The maximum absolute atomic E-state index is 14.4. The molecule has 1 atom stereocenters. The van der Waals surface area contributed by atoms with Gasteiger partial charge in [0.05, 0.1) is 17.1 Å². The third-order valence-corrected chi connectivity index (χ3v) is 4.78. The van der Waals surface area contributed by atoms with Crippen molar-refractivity contribution in [2.75, 3.05) is 42.5 Å². The van der Waals surface area contributed by atoms with Crippen molar-refractivity contribution < 1.29 is 4.39 Å². The molecule has 2 aliphatic heterocycles. The predicted molar refractivity (Wildman–Crippen MR) is 81.7 cm³/mol. The molecule has 1 aromatic carbocycles. The van der Waals surface area contributed by atoms with E-state index in [4.69, 9.17) is 23.1 Å². The summed E-state index contributed by atoms with van der Waals surface area (Å²) >= 11 is 5.92. The molecule has 0 aliphatic carbocycles. The number of hydrogen-bond donors (Lipinski definition) is 2. The van der Waals surface area contributed by atoms with Crippen LogP contribution in [0.5, 0.6) is 0 Å². The van der Waals surface area contributed by atoms with Crippen molar-refractivity contribution in [3.8, 4) is 0 Å². The summed E-state index contributed by atoms with van der Waals surface area (Å²) in [4.78, 5) is 4.51. The number of hydrogen-bond acceptors (Lipinski definition) is 4. The zero-order chi connectivity index (χ0) is 14.3. The average Bonchev–Trinajstić information content (AvgIpc) is 2.45. The molecule has 20 heavy (non-hydrogen) atoms. The third kappa shape index (κ3) is 2.29. The van der Waals surface area contributed by atoms with Crippen molar-refractivity contribution >= 4 is 28.7 Å². The van der Waals surface area contributed by atoms with Crippen molar-refractivity contribution in [1.82, 2.24) is 4.90 Å². The number of nitrogen functional groups attached to an aromatic ring is 2. The molecule has 1 unspecified atom stereocenters. The van der Waals surface area contributed by atoms with Crippen molar-refractivity contribution in [1.29, 1.82) is 0 Å². The summed E-state index contributed by atoms with van der Waals surface area (Å²) in [6, 6.07) is 2.04. The number of nitrogens with two attached hydrogens (primary N) is 2. The van der Waals surface area contributed by atoms with Crippen LogP contribution in [0.1, 0.15) is 19.3 Å². The van der Waals surface area contributed by atoms with E-state index >= 15 is 0 Å². The monoisotopic (exact) mass is 298 g/mol. The van der Waals surface area contributed by atoms with E-state index < -0.39 is 5.82 Å². The molecule has 2 heterocycles. The van der Waals surface area contributed by atoms with Crippen LogP contribution in [-0.2, 0) is 0 Å². The van der Waals surface area contributed by atoms with Gasteiger partial charge in [-0.15, -0.1) is 0 Å². The van der Waals surface area contributed by atoms with E-state index in [9.17, 15) is 4.39 Å². The normalized spacial score (nSPS) is 23.7. The predicted octanol–water partition coefficient (Wildman–Crippen LogP) is 2.32. The van der Waals surface area contributed by atoms with Gasteiger partial charge >= 0.3 is 0 Å². The molecule has 110 valence electrons. The van der Waals surface area contributed by atoms with Crippen LogP contribution in [0.3, 0.4) is 0 Å². The minimum Gasteiger partial charge on any atom is -0.397 e. The van der Waals surface area contributed by atoms with Crippen LogP contribution in [0.2, 0.25) is 5.02 Å². The van der Waals surface area contributed by atoms with Crippen LogP contribution < -0.4 is 16.4 Å². The first kappa shape index (κ1) is 13.8. The molecule has 2 saturated heterocycles. The molecule has 4 N–H and O–H groups in total. The van der Waals surface area contributed by atoms with Gasteiger partial charge in [0, 0.05) is 25.7 Å². The molecule has 0 bridgehead atoms. The van der Waals surface area contributed by atoms with Crippen LogP contribution in [0.4, 0.5) is 21.5 Å². The largest absolute Gasteiger partial charge is 0.397 e. The van der Waals surface area contributed by atoms with Gasteiger partial charge in [-0.3, -0.25) is 4.90 Å². The molecule has 2 fully saturated rings. The van der Waals surface area contributed by atoms with Crippen molar-refractivity contribution in [2.24, 2.45) is 0 Å². The van der Waals surface area contributed by atoms with Gasteiger partial charge in [0.15, 0.2) is 5.82 Å². The van der Waals surface area contributed by atoms with Gasteiger partial charge in [0.2, 0.25) is 0 Å². The number of halogens is 2. The van der Waals surface area contributed by atoms with E-state index in [1.165, 1.54) is 19.3 Å². The SMILES string of the molecule is Nc1cc(N)c(N2CCN3CCCCC3C2)c(F)c1Cl. The molecule has 0 amide bonds. The van der Waals surface area contributed by atoms with Gasteiger partial charge in [-0.1, -0.05) is 18.0 Å². The highest BCUT2D eigenvalue weighted by Crippen LogP contribution is 2.37. The average molecular weight is 299 g/mol. The molecular weight excluding hydrogens is 279 g/mol. The first-order valence-corrected chi connectivity index (χ1v) is 7.47. The lowest BCUT2D eigenvalue weighted by atomic mass is 9.99. The maximum Gasteiger partial charge on any atom is 0.169 e. The quantitative estimate of drug-likeness (QED) is 0.781. The summed E-state index contributed by atoms with van der Waals surface area (Å²) in [5.74, 6) is -0.492. The minimum atomic E-state index is -0.492. The smallest absolute Gasteiger partial charge is 0.169 e. The topological polar surface area (TPSA) is 58.5 Å². The van der Waals surface area contributed by atoms with Crippen LogP contribution in [0, 0.1) is 5.82 Å². The summed E-state index contributed by atoms with van der Waals surface area (Å²) < 4.78 is 14.4. The lowest BCUT2D eigenvalue weighted by Crippen LogP contribution is -2.55. The number of anilines is 3. The molecule has 1 aromatic rings. The Kier molecular flexibility index (Phi) is 3.65.